The van der Waals surface area contributed by atoms with E-state index in [1.54, 1.807) is 0 Å². The van der Waals surface area contributed by atoms with E-state index in [4.69, 9.17) is 4.74 Å². The van der Waals surface area contributed by atoms with Crippen LogP contribution >= 0.6 is 11.3 Å². The second kappa shape index (κ2) is 13.2. The van der Waals surface area contributed by atoms with E-state index in [1.165, 1.54) is 92.1 Å². The van der Waals surface area contributed by atoms with E-state index in [0.29, 0.717) is 0 Å². The second-order valence-electron chi connectivity index (χ2n) is 15.9. The Balaban J connectivity index is 1.06. The first-order valence-electron chi connectivity index (χ1n) is 20.3. The Morgan fingerprint density at radius 1 is 0.448 bits per heavy atom. The van der Waals surface area contributed by atoms with Crippen molar-refractivity contribution in [1.82, 2.24) is 0 Å². The molecule has 274 valence electrons. The molecule has 0 radical (unpaired) electrons. The number of rotatable bonds is 6. The number of hydrogen-bond acceptors (Lipinski definition) is 2. The van der Waals surface area contributed by atoms with Gasteiger partial charge >= 0.3 is 0 Å². The molecule has 9 aromatic carbocycles. The SMILES string of the molecule is c1ccc(-c2ccc(CCC(c3ccc4c(c3)-c3c(ccc5ccccc35)C43c4ccccc4Oc4ccccc43)c3ccc4sc5ccccc5c4c3)cc2)cc1. The highest BCUT2D eigenvalue weighted by Gasteiger charge is 2.51. The van der Waals surface area contributed by atoms with Gasteiger partial charge in [-0.15, -0.1) is 11.3 Å². The molecule has 0 saturated carbocycles. The fourth-order valence-electron chi connectivity index (χ4n) is 10.2. The second-order valence-corrected chi connectivity index (χ2v) is 17.0. The van der Waals surface area contributed by atoms with Gasteiger partial charge in [0.1, 0.15) is 11.5 Å². The summed E-state index contributed by atoms with van der Waals surface area (Å²) in [5.41, 5.74) is 13.7. The van der Waals surface area contributed by atoms with Crippen LogP contribution < -0.4 is 4.74 Å². The maximum atomic E-state index is 6.67. The van der Waals surface area contributed by atoms with Crippen molar-refractivity contribution in [3.63, 3.8) is 0 Å². The smallest absolute Gasteiger partial charge is 0.132 e. The van der Waals surface area contributed by atoms with Gasteiger partial charge < -0.3 is 4.74 Å². The predicted molar refractivity (Wildman–Crippen MR) is 243 cm³/mol. The molecule has 0 fully saturated rings. The van der Waals surface area contributed by atoms with Crippen LogP contribution in [0.15, 0.2) is 200 Å². The van der Waals surface area contributed by atoms with Gasteiger partial charge in [-0.25, -0.2) is 0 Å². The molecule has 1 nitrogen and oxygen atoms in total. The molecule has 2 heteroatoms. The fraction of sp³-hybridized carbons (Fsp3) is 0.0714. The molecule has 2 heterocycles. The first-order valence-corrected chi connectivity index (χ1v) is 21.2. The van der Waals surface area contributed by atoms with Gasteiger partial charge in [0.05, 0.1) is 5.41 Å². The van der Waals surface area contributed by atoms with Crippen LogP contribution in [0.2, 0.25) is 0 Å². The quantitative estimate of drug-likeness (QED) is 0.164. The van der Waals surface area contributed by atoms with Crippen molar-refractivity contribution in [2.75, 3.05) is 0 Å². The molecule has 1 spiro atoms. The predicted octanol–water partition coefficient (Wildman–Crippen LogP) is 15.1. The molecule has 1 aliphatic heterocycles. The molecule has 2 aliphatic rings. The van der Waals surface area contributed by atoms with Crippen LogP contribution in [0.4, 0.5) is 0 Å². The average Bonchev–Trinajstić information content (AvgIpc) is 3.80. The molecule has 58 heavy (non-hydrogen) atoms. The van der Waals surface area contributed by atoms with Gasteiger partial charge in [0.2, 0.25) is 0 Å². The third-order valence-corrected chi connectivity index (χ3v) is 14.0. The minimum atomic E-state index is -0.511. The number of ether oxygens (including phenoxy) is 1. The van der Waals surface area contributed by atoms with E-state index in [-0.39, 0.29) is 5.92 Å². The number of aryl methyl sites for hydroxylation is 1. The van der Waals surface area contributed by atoms with Gasteiger partial charge in [-0.05, 0) is 104 Å². The molecule has 1 unspecified atom stereocenters. The van der Waals surface area contributed by atoms with Crippen LogP contribution in [-0.4, -0.2) is 0 Å². The fourth-order valence-corrected chi connectivity index (χ4v) is 11.3. The molecule has 12 rings (SSSR count). The zero-order chi connectivity index (χ0) is 38.2. The third kappa shape index (κ3) is 5.01. The zero-order valence-electron chi connectivity index (χ0n) is 31.9. The summed E-state index contributed by atoms with van der Waals surface area (Å²) in [5.74, 6) is 2.03. The van der Waals surface area contributed by atoms with E-state index >= 15 is 0 Å². The molecular weight excluding hydrogens is 721 g/mol. The monoisotopic (exact) mass is 758 g/mol. The zero-order valence-corrected chi connectivity index (χ0v) is 32.7. The Hall–Kier alpha value is -6.74. The lowest BCUT2D eigenvalue weighted by molar-refractivity contribution is 0.436. The van der Waals surface area contributed by atoms with Gasteiger partial charge in [0.15, 0.2) is 0 Å². The lowest BCUT2D eigenvalue weighted by Gasteiger charge is -2.39. The number of hydrogen-bond donors (Lipinski definition) is 0. The topological polar surface area (TPSA) is 9.23 Å². The van der Waals surface area contributed by atoms with E-state index in [0.717, 1.165) is 24.3 Å². The van der Waals surface area contributed by atoms with Crippen LogP contribution in [0, 0.1) is 0 Å². The number of benzene rings is 9. The highest BCUT2D eigenvalue weighted by molar-refractivity contribution is 7.25. The van der Waals surface area contributed by atoms with E-state index in [2.05, 4.69) is 200 Å². The van der Waals surface area contributed by atoms with Crippen molar-refractivity contribution in [2.24, 2.45) is 0 Å². The van der Waals surface area contributed by atoms with E-state index < -0.39 is 5.41 Å². The average molecular weight is 759 g/mol. The first kappa shape index (κ1) is 33.4. The highest BCUT2D eigenvalue weighted by atomic mass is 32.1. The van der Waals surface area contributed by atoms with Crippen molar-refractivity contribution < 1.29 is 4.74 Å². The number of thiophene rings is 1. The summed E-state index contributed by atoms with van der Waals surface area (Å²) in [5, 5.41) is 5.24. The Morgan fingerprint density at radius 3 is 1.88 bits per heavy atom. The molecule has 0 saturated heterocycles. The standard InChI is InChI=1S/C56H38OS/c1-2-12-37(13-3-1)38-25-22-36(23-26-38)24-30-42(41-29-33-54-45(34-41)44-16-6-11-21-53(44)58-54)40-28-31-47-46(35-40)55-43-15-5-4-14-39(43)27-32-50(55)56(47)48-17-7-9-19-51(48)57-52-20-10-8-18-49(52)56/h1-23,25-29,31-35,42H,24,30H2. The van der Waals surface area contributed by atoms with Crippen LogP contribution in [0.1, 0.15) is 51.3 Å². The summed E-state index contributed by atoms with van der Waals surface area (Å²) in [6.07, 6.45) is 1.96. The Kier molecular flexibility index (Phi) is 7.58. The molecular formula is C56H38OS. The number of fused-ring (bicyclic) bond motifs is 14. The molecule has 1 aromatic heterocycles. The van der Waals surface area contributed by atoms with Gasteiger partial charge in [-0.1, -0.05) is 170 Å². The molecule has 0 bridgehead atoms. The van der Waals surface area contributed by atoms with Gasteiger partial charge in [-0.3, -0.25) is 0 Å². The minimum absolute atomic E-state index is 0.186. The molecule has 0 amide bonds. The van der Waals surface area contributed by atoms with Gasteiger partial charge in [-0.2, -0.15) is 0 Å². The summed E-state index contributed by atoms with van der Waals surface area (Å²) in [7, 11) is 0. The minimum Gasteiger partial charge on any atom is -0.457 e. The Morgan fingerprint density at radius 2 is 1.07 bits per heavy atom. The first-order chi connectivity index (χ1) is 28.7. The van der Waals surface area contributed by atoms with E-state index in [9.17, 15) is 0 Å². The summed E-state index contributed by atoms with van der Waals surface area (Å²) < 4.78 is 9.35. The largest absolute Gasteiger partial charge is 0.457 e. The van der Waals surface area contributed by atoms with Crippen LogP contribution in [0.3, 0.4) is 0 Å². The van der Waals surface area contributed by atoms with E-state index in [1.807, 2.05) is 11.3 Å². The summed E-state index contributed by atoms with van der Waals surface area (Å²) in [6.45, 7) is 0. The Bertz CT molecular complexity index is 3160. The van der Waals surface area contributed by atoms with Gasteiger partial charge in [0, 0.05) is 37.2 Å². The Labute approximate surface area is 342 Å². The maximum Gasteiger partial charge on any atom is 0.132 e. The summed E-state index contributed by atoms with van der Waals surface area (Å²) in [6, 6.07) is 74.4. The van der Waals surface area contributed by atoms with Crippen LogP contribution in [-0.2, 0) is 11.8 Å². The van der Waals surface area contributed by atoms with Crippen LogP contribution in [0.25, 0.3) is 53.2 Å². The van der Waals surface area contributed by atoms with Crippen molar-refractivity contribution in [2.45, 2.75) is 24.2 Å². The summed E-state index contributed by atoms with van der Waals surface area (Å²) in [4.78, 5) is 0. The summed E-state index contributed by atoms with van der Waals surface area (Å²) >= 11 is 1.89. The molecule has 1 atom stereocenters. The number of para-hydroxylation sites is 2. The highest BCUT2D eigenvalue weighted by Crippen LogP contribution is 2.63. The normalized spacial score (nSPS) is 13.9. The molecule has 1 aliphatic carbocycles. The maximum absolute atomic E-state index is 6.67. The van der Waals surface area contributed by atoms with Crippen molar-refractivity contribution in [3.05, 3.63) is 239 Å². The lowest BCUT2D eigenvalue weighted by atomic mass is 9.66. The third-order valence-electron chi connectivity index (χ3n) is 12.8. The molecule has 0 N–H and O–H groups in total. The van der Waals surface area contributed by atoms with Crippen molar-refractivity contribution >= 4 is 42.3 Å². The lowest BCUT2D eigenvalue weighted by Crippen LogP contribution is -2.32. The van der Waals surface area contributed by atoms with Crippen molar-refractivity contribution in [1.29, 1.82) is 0 Å². The van der Waals surface area contributed by atoms with Crippen molar-refractivity contribution in [3.8, 4) is 33.8 Å². The molecule has 10 aromatic rings. The van der Waals surface area contributed by atoms with Crippen LogP contribution in [0.5, 0.6) is 11.5 Å². The van der Waals surface area contributed by atoms with Gasteiger partial charge in [0.25, 0.3) is 0 Å².